The van der Waals surface area contributed by atoms with Gasteiger partial charge in [-0.25, -0.2) is 18.0 Å². The quantitative estimate of drug-likeness (QED) is 0.242. The molecule has 0 aliphatic heterocycles. The van der Waals surface area contributed by atoms with Crippen LogP contribution >= 0.6 is 7.82 Å². The number of rotatable bonds is 9. The Morgan fingerprint density at radius 3 is 2.53 bits per heavy atom. The number of pyridine rings is 1. The van der Waals surface area contributed by atoms with Crippen molar-refractivity contribution in [1.82, 2.24) is 5.16 Å². The maximum absolute atomic E-state index is 13.7. The fourth-order valence-electron chi connectivity index (χ4n) is 3.23. The van der Waals surface area contributed by atoms with Crippen LogP contribution in [-0.4, -0.2) is 14.9 Å². The largest absolute Gasteiger partial charge is 0.486 e. The van der Waals surface area contributed by atoms with Crippen LogP contribution in [0.25, 0.3) is 11.3 Å². The lowest BCUT2D eigenvalue weighted by Crippen LogP contribution is -2.38. The lowest BCUT2D eigenvalue weighted by molar-refractivity contribution is -0.711. The molecule has 0 saturated carbocycles. The first kappa shape index (κ1) is 23.6. The normalized spacial score (nSPS) is 11.5. The van der Waals surface area contributed by atoms with Crippen LogP contribution in [0, 0.1) is 5.82 Å². The Kier molecular flexibility index (Phi) is 7.04. The Labute approximate surface area is 194 Å². The third-order valence-electron chi connectivity index (χ3n) is 4.94. The standard InChI is InChI=1S/C23H21FN3O6P/c24-20-5-1-2-6-21(20)31-14-17-9-7-16(8-10-17)12-18-13-22(33-26-18)19-4-3-11-27(23(19)25)15-32-34(28,29)30/h1-11,13,25H,12,14-15H2,(H2,28,29,30)/p+1. The minimum Gasteiger partial charge on any atom is -0.486 e. The summed E-state index contributed by atoms with van der Waals surface area (Å²) < 4.78 is 41.4. The molecule has 0 unspecified atom stereocenters. The Bertz CT molecular complexity index is 1320. The van der Waals surface area contributed by atoms with Gasteiger partial charge >= 0.3 is 7.82 Å². The number of nitrogens with two attached hydrogens (primary N) is 1. The molecule has 0 fully saturated rings. The molecule has 2 aromatic carbocycles. The topological polar surface area (TPSA) is 132 Å². The molecule has 0 atom stereocenters. The van der Waals surface area contributed by atoms with E-state index >= 15 is 0 Å². The number of hydrogen-bond donors (Lipinski definition) is 3. The van der Waals surface area contributed by atoms with Crippen molar-refractivity contribution in [3.8, 4) is 17.1 Å². The molecule has 34 heavy (non-hydrogen) atoms. The summed E-state index contributed by atoms with van der Waals surface area (Å²) in [5.41, 5.74) is 9.18. The maximum atomic E-state index is 13.7. The van der Waals surface area contributed by atoms with E-state index in [9.17, 15) is 8.96 Å². The van der Waals surface area contributed by atoms with E-state index in [1.807, 2.05) is 24.3 Å². The Morgan fingerprint density at radius 1 is 1.06 bits per heavy atom. The van der Waals surface area contributed by atoms with Gasteiger partial charge in [0.1, 0.15) is 12.2 Å². The molecule has 0 aliphatic carbocycles. The van der Waals surface area contributed by atoms with Crippen molar-refractivity contribution in [2.45, 2.75) is 19.8 Å². The number of ether oxygens (including phenoxy) is 1. The van der Waals surface area contributed by atoms with E-state index < -0.39 is 20.4 Å². The zero-order valence-corrected chi connectivity index (χ0v) is 18.8. The van der Waals surface area contributed by atoms with E-state index in [0.29, 0.717) is 23.4 Å². The van der Waals surface area contributed by atoms with Gasteiger partial charge in [0.25, 0.3) is 5.82 Å². The summed E-state index contributed by atoms with van der Waals surface area (Å²) in [6.07, 6.45) is 2.04. The number of phosphoric acid groups is 1. The van der Waals surface area contributed by atoms with Crippen LogP contribution in [0.1, 0.15) is 16.8 Å². The number of nitrogen functional groups attached to an aromatic ring is 1. The highest BCUT2D eigenvalue weighted by Gasteiger charge is 2.20. The summed E-state index contributed by atoms with van der Waals surface area (Å²) in [4.78, 5) is 17.8. The number of halogens is 1. The molecule has 176 valence electrons. The number of aromatic nitrogens is 2. The lowest BCUT2D eigenvalue weighted by Gasteiger charge is -2.07. The Hall–Kier alpha value is -3.56. The summed E-state index contributed by atoms with van der Waals surface area (Å²) >= 11 is 0. The maximum Gasteiger partial charge on any atom is 0.472 e. The summed E-state index contributed by atoms with van der Waals surface area (Å²) in [7, 11) is -4.64. The second-order valence-electron chi connectivity index (χ2n) is 7.42. The Balaban J connectivity index is 1.40. The molecular formula is C23H22FN3O6P+. The Morgan fingerprint density at radius 2 is 1.79 bits per heavy atom. The van der Waals surface area contributed by atoms with Crippen LogP contribution in [0.3, 0.4) is 0 Å². The van der Waals surface area contributed by atoms with E-state index in [1.165, 1.54) is 16.8 Å². The van der Waals surface area contributed by atoms with Gasteiger partial charge < -0.3 is 19.0 Å². The van der Waals surface area contributed by atoms with Crippen LogP contribution in [0.2, 0.25) is 0 Å². The van der Waals surface area contributed by atoms with Gasteiger partial charge in [0.2, 0.25) is 6.73 Å². The molecule has 0 amide bonds. The zero-order chi connectivity index (χ0) is 24.1. The molecule has 0 bridgehead atoms. The third kappa shape index (κ3) is 6.06. The second kappa shape index (κ2) is 10.1. The minimum atomic E-state index is -4.64. The van der Waals surface area contributed by atoms with E-state index in [0.717, 1.165) is 11.1 Å². The second-order valence-corrected chi connectivity index (χ2v) is 8.66. The highest BCUT2D eigenvalue weighted by Crippen LogP contribution is 2.35. The molecule has 0 saturated heterocycles. The first-order valence-electron chi connectivity index (χ1n) is 10.2. The number of hydrogen-bond acceptors (Lipinski definition) is 6. The number of nitrogens with zero attached hydrogens (tertiary/aromatic N) is 2. The summed E-state index contributed by atoms with van der Waals surface area (Å²) in [6, 6.07) is 19.0. The molecular weight excluding hydrogens is 464 g/mol. The monoisotopic (exact) mass is 486 g/mol. The summed E-state index contributed by atoms with van der Waals surface area (Å²) in [6.45, 7) is -0.174. The van der Waals surface area contributed by atoms with Crippen LogP contribution < -0.4 is 15.0 Å². The molecule has 2 aromatic heterocycles. The number of anilines is 1. The van der Waals surface area contributed by atoms with E-state index in [1.54, 1.807) is 36.4 Å². The van der Waals surface area contributed by atoms with E-state index in [-0.39, 0.29) is 18.2 Å². The van der Waals surface area contributed by atoms with Crippen LogP contribution in [-0.2, 0) is 28.8 Å². The van der Waals surface area contributed by atoms with Crippen LogP contribution in [0.15, 0.2) is 77.4 Å². The molecule has 4 aromatic rings. The first-order chi connectivity index (χ1) is 16.3. The highest BCUT2D eigenvalue weighted by molar-refractivity contribution is 7.46. The van der Waals surface area contributed by atoms with Gasteiger partial charge in [-0.1, -0.05) is 41.6 Å². The number of para-hydroxylation sites is 1. The molecule has 0 spiro atoms. The molecule has 0 aliphatic rings. The van der Waals surface area contributed by atoms with Gasteiger partial charge in [-0.05, 0) is 35.4 Å². The van der Waals surface area contributed by atoms with Crippen LogP contribution in [0.5, 0.6) is 5.75 Å². The van der Waals surface area contributed by atoms with Crippen molar-refractivity contribution in [3.05, 3.63) is 95.6 Å². The molecule has 4 rings (SSSR count). The fraction of sp³-hybridized carbons (Fsp3) is 0.130. The predicted octanol–water partition coefficient (Wildman–Crippen LogP) is 3.59. The average Bonchev–Trinajstić information content (AvgIpc) is 3.26. The fourth-order valence-corrected chi connectivity index (χ4v) is 3.50. The van der Waals surface area contributed by atoms with Gasteiger partial charge in [0, 0.05) is 12.5 Å². The van der Waals surface area contributed by atoms with Crippen LogP contribution in [0.4, 0.5) is 10.2 Å². The van der Waals surface area contributed by atoms with Crippen molar-refractivity contribution in [2.24, 2.45) is 0 Å². The molecule has 4 N–H and O–H groups in total. The number of benzene rings is 2. The average molecular weight is 486 g/mol. The first-order valence-corrected chi connectivity index (χ1v) is 11.7. The summed E-state index contributed by atoms with van der Waals surface area (Å²) in [5.74, 6) is 0.419. The molecule has 0 radical (unpaired) electrons. The minimum absolute atomic E-state index is 0.205. The van der Waals surface area contributed by atoms with E-state index in [2.05, 4.69) is 9.68 Å². The van der Waals surface area contributed by atoms with Crippen molar-refractivity contribution >= 4 is 13.6 Å². The van der Waals surface area contributed by atoms with Gasteiger partial charge in [0.15, 0.2) is 17.3 Å². The summed E-state index contributed by atoms with van der Waals surface area (Å²) in [5, 5.41) is 4.09. The SMILES string of the molecule is Nc1c(-c2cc(Cc3ccc(COc4ccccc4F)cc3)no2)ccc[n+]1COP(=O)(O)O. The van der Waals surface area contributed by atoms with Crippen molar-refractivity contribution in [1.29, 1.82) is 0 Å². The molecule has 11 heteroatoms. The van der Waals surface area contributed by atoms with Gasteiger partial charge in [0.05, 0.1) is 11.9 Å². The van der Waals surface area contributed by atoms with Crippen molar-refractivity contribution in [3.63, 3.8) is 0 Å². The molecule has 9 nitrogen and oxygen atoms in total. The zero-order valence-electron chi connectivity index (χ0n) is 17.9. The van der Waals surface area contributed by atoms with Gasteiger partial charge in [-0.3, -0.25) is 5.73 Å². The van der Waals surface area contributed by atoms with Crippen molar-refractivity contribution in [2.75, 3.05) is 5.73 Å². The number of phosphoric ester groups is 1. The lowest BCUT2D eigenvalue weighted by atomic mass is 10.1. The predicted molar refractivity (Wildman–Crippen MR) is 120 cm³/mol. The molecule has 2 heterocycles. The van der Waals surface area contributed by atoms with Gasteiger partial charge in [-0.2, -0.15) is 0 Å². The highest BCUT2D eigenvalue weighted by atomic mass is 31.2. The smallest absolute Gasteiger partial charge is 0.472 e. The van der Waals surface area contributed by atoms with Crippen molar-refractivity contribution < 1.29 is 37.1 Å². The van der Waals surface area contributed by atoms with Gasteiger partial charge in [-0.15, -0.1) is 0 Å². The third-order valence-corrected chi connectivity index (χ3v) is 5.39. The van der Waals surface area contributed by atoms with E-state index in [4.69, 9.17) is 24.8 Å².